The monoisotopic (exact) mass is 326 g/mol. The summed E-state index contributed by atoms with van der Waals surface area (Å²) in [5.41, 5.74) is 3.36. The highest BCUT2D eigenvalue weighted by atomic mass is 16.5. The molecule has 0 fully saturated rings. The van der Waals surface area contributed by atoms with E-state index in [1.165, 1.54) is 5.56 Å². The molecule has 4 heteroatoms. The van der Waals surface area contributed by atoms with Gasteiger partial charge >= 0.3 is 0 Å². The molecule has 0 radical (unpaired) electrons. The van der Waals surface area contributed by atoms with Crippen LogP contribution < -0.4 is 10.1 Å². The van der Waals surface area contributed by atoms with Gasteiger partial charge in [0.15, 0.2) is 0 Å². The van der Waals surface area contributed by atoms with Crippen LogP contribution in [0, 0.1) is 0 Å². The Morgan fingerprint density at radius 1 is 0.958 bits per heavy atom. The van der Waals surface area contributed by atoms with Crippen molar-refractivity contribution in [1.29, 1.82) is 0 Å². The Hall–Kier alpha value is -2.33. The number of benzene rings is 2. The molecule has 2 aromatic carbocycles. The normalized spacial score (nSPS) is 10.7. The number of ether oxygens (including phenoxy) is 1. The maximum atomic E-state index is 12.1. The minimum atomic E-state index is 0.0246. The Kier molecular flexibility index (Phi) is 6.82. The number of nitrogens with zero attached hydrogens (tertiary/aromatic N) is 1. The first kappa shape index (κ1) is 18.0. The van der Waals surface area contributed by atoms with Crippen molar-refractivity contribution in [3.05, 3.63) is 65.2 Å². The molecule has 0 bridgehead atoms. The molecule has 0 heterocycles. The summed E-state index contributed by atoms with van der Waals surface area (Å²) in [7, 11) is 4.10. The lowest BCUT2D eigenvalue weighted by Crippen LogP contribution is -2.24. The smallest absolute Gasteiger partial charge is 0.224 e. The Morgan fingerprint density at radius 3 is 2.12 bits per heavy atom. The summed E-state index contributed by atoms with van der Waals surface area (Å²) in [5, 5.41) is 2.97. The van der Waals surface area contributed by atoms with E-state index in [4.69, 9.17) is 4.74 Å². The van der Waals surface area contributed by atoms with Crippen molar-refractivity contribution in [1.82, 2.24) is 10.2 Å². The van der Waals surface area contributed by atoms with E-state index in [0.717, 1.165) is 23.4 Å². The van der Waals surface area contributed by atoms with E-state index >= 15 is 0 Å². The third-order valence-electron chi connectivity index (χ3n) is 3.61. The lowest BCUT2D eigenvalue weighted by atomic mass is 10.1. The molecule has 1 N–H and O–H groups in total. The predicted octanol–water partition coefficient (Wildman–Crippen LogP) is 3.01. The molecule has 1 amide bonds. The van der Waals surface area contributed by atoms with Gasteiger partial charge in [0.05, 0.1) is 13.0 Å². The van der Waals surface area contributed by atoms with Gasteiger partial charge in [-0.1, -0.05) is 36.4 Å². The number of carbonyl (C=O) groups is 1. The van der Waals surface area contributed by atoms with E-state index in [1.807, 2.05) is 31.2 Å². The summed E-state index contributed by atoms with van der Waals surface area (Å²) >= 11 is 0. The minimum absolute atomic E-state index is 0.0246. The average Bonchev–Trinajstić information content (AvgIpc) is 2.56. The van der Waals surface area contributed by atoms with Gasteiger partial charge in [-0.05, 0) is 49.8 Å². The van der Waals surface area contributed by atoms with Crippen LogP contribution in [0.15, 0.2) is 48.5 Å². The van der Waals surface area contributed by atoms with Crippen molar-refractivity contribution in [2.24, 2.45) is 0 Å². The first-order valence-electron chi connectivity index (χ1n) is 8.28. The van der Waals surface area contributed by atoms with Crippen molar-refractivity contribution in [3.8, 4) is 5.75 Å². The van der Waals surface area contributed by atoms with Crippen LogP contribution in [0.5, 0.6) is 5.75 Å². The first-order chi connectivity index (χ1) is 11.6. The van der Waals surface area contributed by atoms with Gasteiger partial charge in [-0.2, -0.15) is 0 Å². The molecule has 0 saturated heterocycles. The van der Waals surface area contributed by atoms with Crippen molar-refractivity contribution in [2.45, 2.75) is 26.4 Å². The van der Waals surface area contributed by atoms with Gasteiger partial charge in [0.1, 0.15) is 5.75 Å². The van der Waals surface area contributed by atoms with Crippen LogP contribution in [0.3, 0.4) is 0 Å². The second kappa shape index (κ2) is 9.08. The van der Waals surface area contributed by atoms with Gasteiger partial charge < -0.3 is 15.0 Å². The highest BCUT2D eigenvalue weighted by molar-refractivity contribution is 5.78. The molecule has 0 saturated carbocycles. The van der Waals surface area contributed by atoms with E-state index in [0.29, 0.717) is 19.6 Å². The van der Waals surface area contributed by atoms with Gasteiger partial charge in [-0.3, -0.25) is 4.79 Å². The van der Waals surface area contributed by atoms with Gasteiger partial charge in [0, 0.05) is 13.1 Å². The standard InChI is InChI=1S/C20H26N2O2/c1-4-24-19-11-9-16(10-12-19)13-20(23)21-14-17-5-7-18(8-6-17)15-22(2)3/h5-12H,4,13-15H2,1-3H3,(H,21,23). The fourth-order valence-electron chi connectivity index (χ4n) is 2.45. The van der Waals surface area contributed by atoms with Crippen LogP contribution in [0.4, 0.5) is 0 Å². The Balaban J connectivity index is 1.80. The molecule has 0 aliphatic rings. The van der Waals surface area contributed by atoms with Crippen LogP contribution in [0.25, 0.3) is 0 Å². The van der Waals surface area contributed by atoms with Gasteiger partial charge in [0.2, 0.25) is 5.91 Å². The molecule has 0 aliphatic heterocycles. The number of rotatable bonds is 8. The highest BCUT2D eigenvalue weighted by Gasteiger charge is 2.04. The number of amides is 1. The molecule has 128 valence electrons. The predicted molar refractivity (Wildman–Crippen MR) is 97.0 cm³/mol. The Morgan fingerprint density at radius 2 is 1.54 bits per heavy atom. The van der Waals surface area contributed by atoms with Crippen LogP contribution >= 0.6 is 0 Å². The van der Waals surface area contributed by atoms with Gasteiger partial charge in [-0.15, -0.1) is 0 Å². The molecule has 0 spiro atoms. The first-order valence-corrected chi connectivity index (χ1v) is 8.28. The van der Waals surface area contributed by atoms with Crippen LogP contribution in [0.2, 0.25) is 0 Å². The lowest BCUT2D eigenvalue weighted by molar-refractivity contribution is -0.120. The highest BCUT2D eigenvalue weighted by Crippen LogP contribution is 2.12. The maximum absolute atomic E-state index is 12.1. The molecule has 4 nitrogen and oxygen atoms in total. The fourth-order valence-corrected chi connectivity index (χ4v) is 2.45. The average molecular weight is 326 g/mol. The third kappa shape index (κ3) is 6.05. The molecule has 2 aromatic rings. The summed E-state index contributed by atoms with van der Waals surface area (Å²) in [5.74, 6) is 0.857. The van der Waals surface area contributed by atoms with Gasteiger partial charge in [-0.25, -0.2) is 0 Å². The zero-order valence-corrected chi connectivity index (χ0v) is 14.7. The minimum Gasteiger partial charge on any atom is -0.494 e. The van der Waals surface area contributed by atoms with E-state index < -0.39 is 0 Å². The maximum Gasteiger partial charge on any atom is 0.224 e. The number of hydrogen-bond acceptors (Lipinski definition) is 3. The van der Waals surface area contributed by atoms with Crippen LogP contribution in [0.1, 0.15) is 23.6 Å². The zero-order valence-electron chi connectivity index (χ0n) is 14.7. The summed E-state index contributed by atoms with van der Waals surface area (Å²) in [4.78, 5) is 14.2. The van der Waals surface area contributed by atoms with E-state index in [2.05, 4.69) is 48.6 Å². The van der Waals surface area contributed by atoms with Crippen LogP contribution in [-0.4, -0.2) is 31.5 Å². The second-order valence-electron chi connectivity index (χ2n) is 6.08. The molecular weight excluding hydrogens is 300 g/mol. The van der Waals surface area contributed by atoms with Crippen molar-refractivity contribution in [2.75, 3.05) is 20.7 Å². The summed E-state index contributed by atoms with van der Waals surface area (Å²) < 4.78 is 5.40. The lowest BCUT2D eigenvalue weighted by Gasteiger charge is -2.10. The van der Waals surface area contributed by atoms with Crippen molar-refractivity contribution in [3.63, 3.8) is 0 Å². The number of carbonyl (C=O) groups excluding carboxylic acids is 1. The van der Waals surface area contributed by atoms with Crippen LogP contribution in [-0.2, 0) is 24.3 Å². The van der Waals surface area contributed by atoms with E-state index in [9.17, 15) is 4.79 Å². The molecule has 24 heavy (non-hydrogen) atoms. The van der Waals surface area contributed by atoms with E-state index in [1.54, 1.807) is 0 Å². The second-order valence-corrected chi connectivity index (χ2v) is 6.08. The SMILES string of the molecule is CCOc1ccc(CC(=O)NCc2ccc(CN(C)C)cc2)cc1. The molecule has 0 aliphatic carbocycles. The van der Waals surface area contributed by atoms with Gasteiger partial charge in [0.25, 0.3) is 0 Å². The molecule has 0 unspecified atom stereocenters. The fraction of sp³-hybridized carbons (Fsp3) is 0.350. The Bertz CT molecular complexity index is 634. The largest absolute Gasteiger partial charge is 0.494 e. The van der Waals surface area contributed by atoms with Crippen molar-refractivity contribution < 1.29 is 9.53 Å². The number of hydrogen-bond donors (Lipinski definition) is 1. The molecular formula is C20H26N2O2. The molecule has 2 rings (SSSR count). The summed E-state index contributed by atoms with van der Waals surface area (Å²) in [6, 6.07) is 16.0. The van der Waals surface area contributed by atoms with Crippen molar-refractivity contribution >= 4 is 5.91 Å². The quantitative estimate of drug-likeness (QED) is 0.811. The summed E-state index contributed by atoms with van der Waals surface area (Å²) in [6.07, 6.45) is 0.380. The zero-order chi connectivity index (χ0) is 17.4. The van der Waals surface area contributed by atoms with E-state index in [-0.39, 0.29) is 5.91 Å². The summed E-state index contributed by atoms with van der Waals surface area (Å²) in [6.45, 7) is 4.07. The third-order valence-corrected chi connectivity index (χ3v) is 3.61. The molecule has 0 aromatic heterocycles. The molecule has 0 atom stereocenters. The number of nitrogens with one attached hydrogen (secondary N) is 1. The topological polar surface area (TPSA) is 41.6 Å². The Labute approximate surface area is 144 Å².